The molecule has 3 nitrogen and oxygen atoms in total. The minimum atomic E-state index is -3.38. The van der Waals surface area contributed by atoms with Crippen molar-refractivity contribution in [1.82, 2.24) is 4.31 Å². The lowest BCUT2D eigenvalue weighted by atomic mass is 9.79. The van der Waals surface area contributed by atoms with Crippen LogP contribution >= 0.6 is 11.3 Å². The van der Waals surface area contributed by atoms with Gasteiger partial charge >= 0.3 is 0 Å². The Labute approximate surface area is 123 Å². The zero-order valence-electron chi connectivity index (χ0n) is 11.5. The molecule has 2 aromatic rings. The molecule has 0 aliphatic carbocycles. The van der Waals surface area contributed by atoms with Gasteiger partial charge in [0.15, 0.2) is 0 Å². The number of nitrogens with zero attached hydrogens (tertiary/aromatic N) is 1. The second kappa shape index (κ2) is 4.69. The molecule has 0 atom stereocenters. The third-order valence-electron chi connectivity index (χ3n) is 3.75. The van der Waals surface area contributed by atoms with Gasteiger partial charge in [-0.15, -0.1) is 11.3 Å². The van der Waals surface area contributed by atoms with Gasteiger partial charge in [0.05, 0.1) is 0 Å². The molecule has 1 aliphatic rings. The summed E-state index contributed by atoms with van der Waals surface area (Å²) in [5, 5.41) is 1.80. The van der Waals surface area contributed by atoms with Crippen LogP contribution in [0.3, 0.4) is 0 Å². The Morgan fingerprint density at radius 3 is 2.60 bits per heavy atom. The molecule has 0 saturated heterocycles. The van der Waals surface area contributed by atoms with E-state index in [9.17, 15) is 8.42 Å². The lowest BCUT2D eigenvalue weighted by Gasteiger charge is -2.38. The average molecular weight is 307 g/mol. The van der Waals surface area contributed by atoms with E-state index in [0.29, 0.717) is 17.3 Å². The lowest BCUT2D eigenvalue weighted by molar-refractivity contribution is 0.300. The van der Waals surface area contributed by atoms with Crippen LogP contribution in [0.15, 0.2) is 46.0 Å². The van der Waals surface area contributed by atoms with Gasteiger partial charge in [0.25, 0.3) is 10.0 Å². The van der Waals surface area contributed by atoms with E-state index in [4.69, 9.17) is 0 Å². The zero-order chi connectivity index (χ0) is 14.4. The number of thiophene rings is 1. The maximum Gasteiger partial charge on any atom is 0.252 e. The van der Waals surface area contributed by atoms with Crippen LogP contribution in [0.4, 0.5) is 0 Å². The number of hydrogen-bond donors (Lipinski definition) is 0. The van der Waals surface area contributed by atoms with Crippen LogP contribution < -0.4 is 0 Å². The highest BCUT2D eigenvalue weighted by atomic mass is 32.2. The molecule has 2 heterocycles. The van der Waals surface area contributed by atoms with Gasteiger partial charge in [0, 0.05) is 18.5 Å². The zero-order valence-corrected chi connectivity index (χ0v) is 13.2. The van der Waals surface area contributed by atoms with E-state index >= 15 is 0 Å². The van der Waals surface area contributed by atoms with Crippen molar-refractivity contribution in [2.45, 2.75) is 30.0 Å². The Bertz CT molecular complexity index is 718. The van der Waals surface area contributed by atoms with E-state index in [1.54, 1.807) is 21.8 Å². The molecule has 0 saturated carbocycles. The minimum absolute atomic E-state index is 0.167. The van der Waals surface area contributed by atoms with Crippen molar-refractivity contribution in [1.29, 1.82) is 0 Å². The fourth-order valence-electron chi connectivity index (χ4n) is 2.80. The van der Waals surface area contributed by atoms with E-state index in [1.165, 1.54) is 16.9 Å². The molecule has 1 aromatic carbocycles. The van der Waals surface area contributed by atoms with Gasteiger partial charge in [-0.1, -0.05) is 44.2 Å². The molecule has 0 bridgehead atoms. The van der Waals surface area contributed by atoms with Crippen molar-refractivity contribution in [3.05, 3.63) is 52.9 Å². The topological polar surface area (TPSA) is 37.4 Å². The predicted molar refractivity (Wildman–Crippen MR) is 81.4 cm³/mol. The fraction of sp³-hybridized carbons (Fsp3) is 0.333. The first-order chi connectivity index (χ1) is 9.41. The van der Waals surface area contributed by atoms with Gasteiger partial charge in [-0.25, -0.2) is 8.42 Å². The molecule has 1 aliphatic heterocycles. The van der Waals surface area contributed by atoms with E-state index in [2.05, 4.69) is 19.9 Å². The van der Waals surface area contributed by atoms with Crippen molar-refractivity contribution in [3.8, 4) is 0 Å². The monoisotopic (exact) mass is 307 g/mol. The molecule has 0 spiro atoms. The predicted octanol–water partition coefficient (Wildman–Crippen LogP) is 3.23. The number of benzene rings is 1. The Kier molecular flexibility index (Phi) is 3.23. The Morgan fingerprint density at radius 2 is 1.90 bits per heavy atom. The van der Waals surface area contributed by atoms with Crippen LogP contribution in [0.25, 0.3) is 0 Å². The highest BCUT2D eigenvalue weighted by Gasteiger charge is 2.37. The Balaban J connectivity index is 2.04. The smallest absolute Gasteiger partial charge is 0.206 e. The summed E-state index contributed by atoms with van der Waals surface area (Å²) in [5.74, 6) is 0. The van der Waals surface area contributed by atoms with Crippen molar-refractivity contribution < 1.29 is 8.42 Å². The van der Waals surface area contributed by atoms with Gasteiger partial charge in [-0.3, -0.25) is 0 Å². The third kappa shape index (κ3) is 2.20. The SMILES string of the molecule is CC1(C)CN(S(=O)(=O)c2cccs2)Cc2ccccc21. The van der Waals surface area contributed by atoms with Crippen LogP contribution in [0.5, 0.6) is 0 Å². The van der Waals surface area contributed by atoms with Crippen molar-refractivity contribution in [2.24, 2.45) is 0 Å². The summed E-state index contributed by atoms with van der Waals surface area (Å²) in [4.78, 5) is 0. The highest BCUT2D eigenvalue weighted by Crippen LogP contribution is 2.36. The van der Waals surface area contributed by atoms with Crippen LogP contribution in [-0.4, -0.2) is 19.3 Å². The third-order valence-corrected chi connectivity index (χ3v) is 6.92. The quantitative estimate of drug-likeness (QED) is 0.854. The van der Waals surface area contributed by atoms with Gasteiger partial charge in [-0.2, -0.15) is 4.31 Å². The molecule has 5 heteroatoms. The van der Waals surface area contributed by atoms with Crippen molar-refractivity contribution >= 4 is 21.4 Å². The Morgan fingerprint density at radius 1 is 1.15 bits per heavy atom. The second-order valence-corrected chi connectivity index (χ2v) is 8.86. The van der Waals surface area contributed by atoms with Gasteiger partial charge in [0.2, 0.25) is 0 Å². The summed E-state index contributed by atoms with van der Waals surface area (Å²) in [6.45, 7) is 5.17. The van der Waals surface area contributed by atoms with E-state index in [1.807, 2.05) is 18.2 Å². The summed E-state index contributed by atoms with van der Waals surface area (Å²) < 4.78 is 27.4. The molecule has 3 rings (SSSR count). The highest BCUT2D eigenvalue weighted by molar-refractivity contribution is 7.91. The molecule has 1 aromatic heterocycles. The average Bonchev–Trinajstić information content (AvgIpc) is 2.92. The first-order valence-corrected chi connectivity index (χ1v) is 8.85. The molecule has 0 amide bonds. The summed E-state index contributed by atoms with van der Waals surface area (Å²) in [5.41, 5.74) is 2.18. The fourth-order valence-corrected chi connectivity index (χ4v) is 5.52. The van der Waals surface area contributed by atoms with Gasteiger partial charge in [-0.05, 0) is 22.6 Å². The summed E-state index contributed by atoms with van der Waals surface area (Å²) >= 11 is 1.28. The summed E-state index contributed by atoms with van der Waals surface area (Å²) in [6.07, 6.45) is 0. The normalized spacial score (nSPS) is 18.7. The molecule has 20 heavy (non-hydrogen) atoms. The van der Waals surface area contributed by atoms with Crippen molar-refractivity contribution in [3.63, 3.8) is 0 Å². The van der Waals surface area contributed by atoms with E-state index in [0.717, 1.165) is 5.56 Å². The van der Waals surface area contributed by atoms with E-state index in [-0.39, 0.29) is 5.41 Å². The van der Waals surface area contributed by atoms with Crippen LogP contribution in [0.2, 0.25) is 0 Å². The van der Waals surface area contributed by atoms with Crippen LogP contribution in [0, 0.1) is 0 Å². The first-order valence-electron chi connectivity index (χ1n) is 6.53. The van der Waals surface area contributed by atoms with Crippen molar-refractivity contribution in [2.75, 3.05) is 6.54 Å². The maximum atomic E-state index is 12.7. The number of hydrogen-bond acceptors (Lipinski definition) is 3. The summed E-state index contributed by atoms with van der Waals surface area (Å²) in [6, 6.07) is 11.6. The lowest BCUT2D eigenvalue weighted by Crippen LogP contribution is -2.44. The summed E-state index contributed by atoms with van der Waals surface area (Å²) in [7, 11) is -3.38. The largest absolute Gasteiger partial charge is 0.252 e. The molecular weight excluding hydrogens is 290 g/mol. The van der Waals surface area contributed by atoms with Crippen LogP contribution in [0.1, 0.15) is 25.0 Å². The first kappa shape index (κ1) is 13.8. The molecule has 0 unspecified atom stereocenters. The minimum Gasteiger partial charge on any atom is -0.206 e. The van der Waals surface area contributed by atoms with Crippen LogP contribution in [-0.2, 0) is 22.0 Å². The maximum absolute atomic E-state index is 12.7. The molecular formula is C15H17NO2S2. The molecule has 106 valence electrons. The number of fused-ring (bicyclic) bond motifs is 1. The van der Waals surface area contributed by atoms with Gasteiger partial charge < -0.3 is 0 Å². The molecule has 0 radical (unpaired) electrons. The standard InChI is InChI=1S/C15H17NO2S2/c1-15(2)11-16(10-12-6-3-4-7-13(12)15)20(17,18)14-8-5-9-19-14/h3-9H,10-11H2,1-2H3. The van der Waals surface area contributed by atoms with Gasteiger partial charge in [0.1, 0.15) is 4.21 Å². The second-order valence-electron chi connectivity index (χ2n) is 5.75. The molecule has 0 N–H and O–H groups in total. The number of sulfonamides is 1. The molecule has 0 fully saturated rings. The number of rotatable bonds is 2. The Hall–Kier alpha value is -1.17. The van der Waals surface area contributed by atoms with E-state index < -0.39 is 10.0 Å².